The number of nitrogens with two attached hydrogens (primary N) is 2. The molecule has 0 aliphatic rings. The average molecular weight is 282 g/mol. The molecule has 0 saturated heterocycles. The van der Waals surface area contributed by atoms with Crippen LogP contribution in [0.5, 0.6) is 0 Å². The van der Waals surface area contributed by atoms with E-state index in [4.69, 9.17) is 16.7 Å². The van der Waals surface area contributed by atoms with Crippen molar-refractivity contribution in [1.82, 2.24) is 5.32 Å². The molecule has 1 rings (SSSR count). The van der Waals surface area contributed by atoms with Crippen LogP contribution in [0, 0.1) is 5.82 Å². The molecule has 6 nitrogen and oxygen atoms in total. The molecule has 6 N–H and O–H groups in total. The lowest BCUT2D eigenvalue weighted by atomic mass is 9.98. The van der Waals surface area contributed by atoms with Crippen molar-refractivity contribution in [2.24, 2.45) is 16.6 Å². The fraction of sp³-hybridized carbons (Fsp3) is 0.385. The van der Waals surface area contributed by atoms with Crippen molar-refractivity contribution in [1.29, 1.82) is 0 Å². The van der Waals surface area contributed by atoms with E-state index >= 15 is 0 Å². The number of hydrogen-bond acceptors (Lipinski definition) is 4. The van der Waals surface area contributed by atoms with Crippen molar-refractivity contribution in [3.8, 4) is 0 Å². The monoisotopic (exact) mass is 282 g/mol. The highest BCUT2D eigenvalue weighted by Crippen LogP contribution is 2.14. The van der Waals surface area contributed by atoms with Crippen LogP contribution in [0.4, 0.5) is 4.39 Å². The summed E-state index contributed by atoms with van der Waals surface area (Å²) >= 11 is 0. The van der Waals surface area contributed by atoms with Gasteiger partial charge >= 0.3 is 0 Å². The normalized spacial score (nSPS) is 12.4. The Balaban J connectivity index is 2.90. The van der Waals surface area contributed by atoms with E-state index in [0.717, 1.165) is 0 Å². The molecule has 0 bridgehead atoms. The highest BCUT2D eigenvalue weighted by Gasteiger charge is 2.20. The molecule has 20 heavy (non-hydrogen) atoms. The molecule has 0 aliphatic heterocycles. The van der Waals surface area contributed by atoms with Gasteiger partial charge in [-0.2, -0.15) is 0 Å². The highest BCUT2D eigenvalue weighted by atomic mass is 19.1. The van der Waals surface area contributed by atoms with Crippen molar-refractivity contribution < 1.29 is 14.4 Å². The second-order valence-electron chi connectivity index (χ2n) is 5.17. The molecular weight excluding hydrogens is 263 g/mol. The summed E-state index contributed by atoms with van der Waals surface area (Å²) in [6, 6.07) is 4.01. The van der Waals surface area contributed by atoms with Crippen molar-refractivity contribution in [2.45, 2.75) is 32.4 Å². The number of carbonyl (C=O) groups excluding carboxylic acids is 1. The van der Waals surface area contributed by atoms with Crippen molar-refractivity contribution in [3.63, 3.8) is 0 Å². The lowest BCUT2D eigenvalue weighted by Gasteiger charge is -2.25. The number of rotatable bonds is 6. The molecule has 1 aromatic rings. The molecule has 0 saturated carbocycles. The third-order valence-electron chi connectivity index (χ3n) is 2.83. The number of benzene rings is 1. The van der Waals surface area contributed by atoms with Gasteiger partial charge in [-0.05, 0) is 31.5 Å². The Hall–Kier alpha value is -2.15. The number of carbonyl (C=O) groups is 1. The maximum atomic E-state index is 13.2. The minimum atomic E-state index is -0.511. The number of amidine groups is 1. The van der Waals surface area contributed by atoms with Gasteiger partial charge in [0.15, 0.2) is 5.84 Å². The summed E-state index contributed by atoms with van der Waals surface area (Å²) in [7, 11) is 0. The van der Waals surface area contributed by atoms with Crippen LogP contribution in [0.2, 0.25) is 0 Å². The number of halogens is 1. The van der Waals surface area contributed by atoms with E-state index in [1.54, 1.807) is 0 Å². The number of amides is 1. The van der Waals surface area contributed by atoms with Crippen LogP contribution in [0.1, 0.15) is 31.4 Å². The minimum Gasteiger partial charge on any atom is -0.409 e. The van der Waals surface area contributed by atoms with Gasteiger partial charge < -0.3 is 22.0 Å². The Morgan fingerprint density at radius 2 is 2.10 bits per heavy atom. The van der Waals surface area contributed by atoms with E-state index in [0.29, 0.717) is 17.7 Å². The van der Waals surface area contributed by atoms with Crippen molar-refractivity contribution in [3.05, 3.63) is 35.1 Å². The first-order chi connectivity index (χ1) is 9.25. The molecule has 0 heterocycles. The lowest BCUT2D eigenvalue weighted by Crippen LogP contribution is -2.42. The van der Waals surface area contributed by atoms with Gasteiger partial charge in [-0.15, -0.1) is 0 Å². The molecule has 7 heteroatoms. The molecule has 1 amide bonds. The standard InChI is InChI=1S/C13H19FN4O2/c1-13(2,6-11(15)19)17-7-8-3-4-9(14)5-10(8)12(16)18-20/h3-5,17,20H,6-7H2,1-2H3,(H2,15,19)(H2,16,18). The number of nitrogens with one attached hydrogen (secondary N) is 1. The first kappa shape index (κ1) is 15.9. The zero-order valence-electron chi connectivity index (χ0n) is 11.5. The smallest absolute Gasteiger partial charge is 0.219 e. The number of nitrogens with zero attached hydrogens (tertiary/aromatic N) is 1. The maximum Gasteiger partial charge on any atom is 0.219 e. The van der Waals surface area contributed by atoms with Gasteiger partial charge in [-0.1, -0.05) is 11.2 Å². The lowest BCUT2D eigenvalue weighted by molar-refractivity contribution is -0.119. The van der Waals surface area contributed by atoms with Crippen molar-refractivity contribution in [2.75, 3.05) is 0 Å². The topological polar surface area (TPSA) is 114 Å². The third-order valence-corrected chi connectivity index (χ3v) is 2.83. The summed E-state index contributed by atoms with van der Waals surface area (Å²) in [5.74, 6) is -1.07. The zero-order chi connectivity index (χ0) is 15.3. The van der Waals surface area contributed by atoms with Gasteiger partial charge in [0.1, 0.15) is 5.82 Å². The van der Waals surface area contributed by atoms with E-state index in [1.807, 2.05) is 13.8 Å². The van der Waals surface area contributed by atoms with E-state index in [-0.39, 0.29) is 12.3 Å². The van der Waals surface area contributed by atoms with Gasteiger partial charge in [-0.3, -0.25) is 4.79 Å². The van der Waals surface area contributed by atoms with Crippen LogP contribution in [0.15, 0.2) is 23.4 Å². The average Bonchev–Trinajstić information content (AvgIpc) is 2.34. The maximum absolute atomic E-state index is 13.2. The number of oxime groups is 1. The van der Waals surface area contributed by atoms with E-state index in [2.05, 4.69) is 10.5 Å². The van der Waals surface area contributed by atoms with Crippen LogP contribution in [0.3, 0.4) is 0 Å². The van der Waals surface area contributed by atoms with Crippen LogP contribution >= 0.6 is 0 Å². The Bertz CT molecular complexity index is 529. The fourth-order valence-corrected chi connectivity index (χ4v) is 1.83. The van der Waals surface area contributed by atoms with Crippen LogP contribution in [-0.4, -0.2) is 22.5 Å². The van der Waals surface area contributed by atoms with Gasteiger partial charge in [0.2, 0.25) is 5.91 Å². The Morgan fingerprint density at radius 3 is 2.65 bits per heavy atom. The quantitative estimate of drug-likeness (QED) is 0.266. The zero-order valence-corrected chi connectivity index (χ0v) is 11.5. The van der Waals surface area contributed by atoms with Gasteiger partial charge in [-0.25, -0.2) is 4.39 Å². The summed E-state index contributed by atoms with van der Waals surface area (Å²) in [4.78, 5) is 11.0. The molecule has 0 radical (unpaired) electrons. The molecule has 110 valence electrons. The Kier molecular flexibility index (Phi) is 5.04. The van der Waals surface area contributed by atoms with Crippen LogP contribution in [0.25, 0.3) is 0 Å². The molecule has 1 aromatic carbocycles. The van der Waals surface area contributed by atoms with Gasteiger partial charge in [0, 0.05) is 24.1 Å². The Labute approximate surface area is 116 Å². The number of primary amides is 1. The van der Waals surface area contributed by atoms with E-state index in [1.165, 1.54) is 18.2 Å². The first-order valence-electron chi connectivity index (χ1n) is 6.05. The first-order valence-corrected chi connectivity index (χ1v) is 6.05. The molecule has 0 spiro atoms. The molecule has 0 fully saturated rings. The summed E-state index contributed by atoms with van der Waals surface area (Å²) in [5.41, 5.74) is 11.1. The van der Waals surface area contributed by atoms with Crippen LogP contribution in [-0.2, 0) is 11.3 Å². The van der Waals surface area contributed by atoms with Gasteiger partial charge in [0.25, 0.3) is 0 Å². The molecular formula is C13H19FN4O2. The minimum absolute atomic E-state index is 0.160. The summed E-state index contributed by atoms with van der Waals surface area (Å²) in [6.45, 7) is 3.97. The predicted molar refractivity (Wildman–Crippen MR) is 73.6 cm³/mol. The van der Waals surface area contributed by atoms with Crippen LogP contribution < -0.4 is 16.8 Å². The predicted octanol–water partition coefficient (Wildman–Crippen LogP) is 0.664. The SMILES string of the molecule is CC(C)(CC(N)=O)NCc1ccc(F)cc1/C(N)=N/O. The Morgan fingerprint density at radius 1 is 1.45 bits per heavy atom. The largest absolute Gasteiger partial charge is 0.409 e. The fourth-order valence-electron chi connectivity index (χ4n) is 1.83. The molecule has 0 aliphatic carbocycles. The summed E-state index contributed by atoms with van der Waals surface area (Å²) in [6.07, 6.45) is 0.160. The number of hydrogen-bond donors (Lipinski definition) is 4. The van der Waals surface area contributed by atoms with E-state index < -0.39 is 17.3 Å². The molecule has 0 aromatic heterocycles. The molecule has 0 atom stereocenters. The van der Waals surface area contributed by atoms with E-state index in [9.17, 15) is 9.18 Å². The summed E-state index contributed by atoms with van der Waals surface area (Å²) < 4.78 is 13.2. The second kappa shape index (κ2) is 6.33. The second-order valence-corrected chi connectivity index (χ2v) is 5.17. The summed E-state index contributed by atoms with van der Waals surface area (Å²) in [5, 5.41) is 14.7. The van der Waals surface area contributed by atoms with Crippen molar-refractivity contribution >= 4 is 11.7 Å². The highest BCUT2D eigenvalue weighted by molar-refractivity contribution is 5.98. The third kappa shape index (κ3) is 4.51. The van der Waals surface area contributed by atoms with Gasteiger partial charge in [0.05, 0.1) is 0 Å². The molecule has 0 unspecified atom stereocenters.